The van der Waals surface area contributed by atoms with E-state index in [1.807, 2.05) is 24.3 Å². The van der Waals surface area contributed by atoms with Crippen molar-refractivity contribution in [2.45, 2.75) is 17.9 Å². The minimum absolute atomic E-state index is 0.0839. The van der Waals surface area contributed by atoms with Gasteiger partial charge in [0.2, 0.25) is 10.0 Å². The van der Waals surface area contributed by atoms with Gasteiger partial charge in [-0.05, 0) is 42.8 Å². The van der Waals surface area contributed by atoms with Gasteiger partial charge in [0.25, 0.3) is 0 Å². The Labute approximate surface area is 126 Å². The molecule has 0 radical (unpaired) electrons. The zero-order valence-electron chi connectivity index (χ0n) is 10.7. The van der Waals surface area contributed by atoms with Gasteiger partial charge < -0.3 is 0 Å². The first-order chi connectivity index (χ1) is 9.38. The zero-order chi connectivity index (χ0) is 14.8. The lowest BCUT2D eigenvalue weighted by atomic mass is 10.1. The highest BCUT2D eigenvalue weighted by Crippen LogP contribution is 2.20. The Balaban J connectivity index is 2.24. The Bertz CT molecular complexity index is 719. The van der Waals surface area contributed by atoms with E-state index in [0.717, 1.165) is 16.1 Å². The monoisotopic (exact) mass is 357 g/mol. The van der Waals surface area contributed by atoms with Crippen LogP contribution in [0.15, 0.2) is 57.9 Å². The predicted octanol–water partition coefficient (Wildman–Crippen LogP) is 3.63. The molecule has 0 saturated carbocycles. The summed E-state index contributed by atoms with van der Waals surface area (Å²) in [5.41, 5.74) is 0.819. The number of hydrogen-bond acceptors (Lipinski definition) is 2. The first-order valence-electron chi connectivity index (χ1n) is 5.92. The molecule has 1 unspecified atom stereocenters. The summed E-state index contributed by atoms with van der Waals surface area (Å²) >= 11 is 3.34. The molecule has 0 spiro atoms. The topological polar surface area (TPSA) is 46.2 Å². The van der Waals surface area contributed by atoms with E-state index in [1.165, 1.54) is 18.2 Å². The smallest absolute Gasteiger partial charge is 0.207 e. The van der Waals surface area contributed by atoms with Gasteiger partial charge in [-0.15, -0.1) is 0 Å². The van der Waals surface area contributed by atoms with Crippen LogP contribution in [0.3, 0.4) is 0 Å². The molecule has 106 valence electrons. The molecule has 0 saturated heterocycles. The quantitative estimate of drug-likeness (QED) is 0.907. The molecule has 0 aliphatic heterocycles. The summed E-state index contributed by atoms with van der Waals surface area (Å²) in [7, 11) is -3.75. The highest BCUT2D eigenvalue weighted by molar-refractivity contribution is 9.10. The fourth-order valence-electron chi connectivity index (χ4n) is 1.78. The predicted molar refractivity (Wildman–Crippen MR) is 79.3 cm³/mol. The van der Waals surface area contributed by atoms with Crippen molar-refractivity contribution in [2.75, 3.05) is 0 Å². The number of benzene rings is 2. The van der Waals surface area contributed by atoms with E-state index >= 15 is 0 Å². The van der Waals surface area contributed by atoms with Gasteiger partial charge in [0, 0.05) is 10.5 Å². The van der Waals surface area contributed by atoms with E-state index in [0.29, 0.717) is 0 Å². The fraction of sp³-hybridized carbons (Fsp3) is 0.143. The maximum atomic E-state index is 13.1. The molecular weight excluding hydrogens is 345 g/mol. The molecule has 1 N–H and O–H groups in total. The summed E-state index contributed by atoms with van der Waals surface area (Å²) in [6.45, 7) is 1.73. The molecule has 0 aromatic heterocycles. The van der Waals surface area contributed by atoms with E-state index < -0.39 is 21.9 Å². The standard InChI is InChI=1S/C14H13BrFNO2S/c1-10(11-4-2-5-12(15)8-11)17-20(18,19)14-7-3-6-13(16)9-14/h2-10,17H,1H3. The second-order valence-corrected chi connectivity index (χ2v) is 6.99. The van der Waals surface area contributed by atoms with Crippen LogP contribution in [0.2, 0.25) is 0 Å². The molecule has 0 bridgehead atoms. The number of hydrogen-bond donors (Lipinski definition) is 1. The molecule has 0 heterocycles. The van der Waals surface area contributed by atoms with Gasteiger partial charge in [-0.1, -0.05) is 34.1 Å². The summed E-state index contributed by atoms with van der Waals surface area (Å²) in [5.74, 6) is -0.581. The maximum Gasteiger partial charge on any atom is 0.241 e. The van der Waals surface area contributed by atoms with Crippen molar-refractivity contribution in [3.8, 4) is 0 Å². The fourth-order valence-corrected chi connectivity index (χ4v) is 3.46. The SMILES string of the molecule is CC(NS(=O)(=O)c1cccc(F)c1)c1cccc(Br)c1. The normalized spacial score (nSPS) is 13.2. The number of nitrogens with one attached hydrogen (secondary N) is 1. The molecule has 0 aliphatic carbocycles. The largest absolute Gasteiger partial charge is 0.241 e. The average molecular weight is 358 g/mol. The van der Waals surface area contributed by atoms with Crippen LogP contribution in [0.25, 0.3) is 0 Å². The summed E-state index contributed by atoms with van der Waals surface area (Å²) in [6.07, 6.45) is 0. The number of sulfonamides is 1. The van der Waals surface area contributed by atoms with Gasteiger partial charge in [-0.25, -0.2) is 17.5 Å². The van der Waals surface area contributed by atoms with Gasteiger partial charge in [-0.3, -0.25) is 0 Å². The van der Waals surface area contributed by atoms with Crippen molar-refractivity contribution in [2.24, 2.45) is 0 Å². The van der Waals surface area contributed by atoms with Gasteiger partial charge in [0.1, 0.15) is 5.82 Å². The molecule has 20 heavy (non-hydrogen) atoms. The molecule has 3 nitrogen and oxygen atoms in total. The molecule has 0 aliphatic rings. The van der Waals surface area contributed by atoms with Crippen LogP contribution in [-0.2, 0) is 10.0 Å². The molecule has 2 aromatic rings. The molecule has 1 atom stereocenters. The first kappa shape index (κ1) is 15.2. The van der Waals surface area contributed by atoms with Gasteiger partial charge >= 0.3 is 0 Å². The Morgan fingerprint density at radius 1 is 1.15 bits per heavy atom. The van der Waals surface area contributed by atoms with Crippen LogP contribution < -0.4 is 4.72 Å². The summed E-state index contributed by atoms with van der Waals surface area (Å²) in [5, 5.41) is 0. The maximum absolute atomic E-state index is 13.1. The van der Waals surface area contributed by atoms with Crippen molar-refractivity contribution in [1.29, 1.82) is 0 Å². The van der Waals surface area contributed by atoms with Crippen molar-refractivity contribution >= 4 is 26.0 Å². The van der Waals surface area contributed by atoms with Crippen LogP contribution in [0.5, 0.6) is 0 Å². The lowest BCUT2D eigenvalue weighted by molar-refractivity contribution is 0.564. The Morgan fingerprint density at radius 2 is 1.85 bits per heavy atom. The van der Waals surface area contributed by atoms with Gasteiger partial charge in [-0.2, -0.15) is 0 Å². The van der Waals surface area contributed by atoms with Crippen LogP contribution in [0.4, 0.5) is 4.39 Å². The highest BCUT2D eigenvalue weighted by Gasteiger charge is 2.18. The van der Waals surface area contributed by atoms with E-state index in [1.54, 1.807) is 6.92 Å². The molecule has 2 rings (SSSR count). The summed E-state index contributed by atoms with van der Waals surface area (Å²) < 4.78 is 40.8. The number of halogens is 2. The van der Waals surface area contributed by atoms with Crippen molar-refractivity contribution in [1.82, 2.24) is 4.72 Å². The molecule has 6 heteroatoms. The van der Waals surface area contributed by atoms with Crippen molar-refractivity contribution < 1.29 is 12.8 Å². The third-order valence-corrected chi connectivity index (χ3v) is 4.82. The van der Waals surface area contributed by atoms with Crippen LogP contribution >= 0.6 is 15.9 Å². The third kappa shape index (κ3) is 3.65. The van der Waals surface area contributed by atoms with E-state index in [-0.39, 0.29) is 4.90 Å². The summed E-state index contributed by atoms with van der Waals surface area (Å²) in [6, 6.07) is 11.9. The number of rotatable bonds is 4. The first-order valence-corrected chi connectivity index (χ1v) is 8.19. The summed E-state index contributed by atoms with van der Waals surface area (Å²) in [4.78, 5) is -0.0839. The minimum Gasteiger partial charge on any atom is -0.207 e. The second kappa shape index (κ2) is 6.03. The van der Waals surface area contributed by atoms with Gasteiger partial charge in [0.05, 0.1) is 4.90 Å². The second-order valence-electron chi connectivity index (χ2n) is 4.36. The van der Waals surface area contributed by atoms with Gasteiger partial charge in [0.15, 0.2) is 0 Å². The zero-order valence-corrected chi connectivity index (χ0v) is 13.1. The molecule has 2 aromatic carbocycles. The van der Waals surface area contributed by atoms with Crippen LogP contribution in [0, 0.1) is 5.82 Å². The van der Waals surface area contributed by atoms with E-state index in [9.17, 15) is 12.8 Å². The molecular formula is C14H13BrFNO2S. The Kier molecular flexibility index (Phi) is 4.57. The minimum atomic E-state index is -3.75. The average Bonchev–Trinajstić information content (AvgIpc) is 2.38. The van der Waals surface area contributed by atoms with Crippen LogP contribution in [0.1, 0.15) is 18.5 Å². The van der Waals surface area contributed by atoms with E-state index in [4.69, 9.17) is 0 Å². The lowest BCUT2D eigenvalue weighted by Gasteiger charge is -2.15. The highest BCUT2D eigenvalue weighted by atomic mass is 79.9. The van der Waals surface area contributed by atoms with Crippen molar-refractivity contribution in [3.63, 3.8) is 0 Å². The Hall–Kier alpha value is -1.24. The Morgan fingerprint density at radius 3 is 2.50 bits per heavy atom. The van der Waals surface area contributed by atoms with Crippen LogP contribution in [-0.4, -0.2) is 8.42 Å². The van der Waals surface area contributed by atoms with E-state index in [2.05, 4.69) is 20.7 Å². The third-order valence-electron chi connectivity index (χ3n) is 2.79. The molecule has 0 amide bonds. The molecule has 0 fully saturated rings. The van der Waals surface area contributed by atoms with Crippen molar-refractivity contribution in [3.05, 3.63) is 64.4 Å². The lowest BCUT2D eigenvalue weighted by Crippen LogP contribution is -2.27.